The van der Waals surface area contributed by atoms with Crippen LogP contribution in [0.5, 0.6) is 5.75 Å². The molecule has 26 heavy (non-hydrogen) atoms. The van der Waals surface area contributed by atoms with E-state index in [0.29, 0.717) is 19.7 Å². The van der Waals surface area contributed by atoms with Gasteiger partial charge in [0, 0.05) is 6.54 Å². The van der Waals surface area contributed by atoms with Gasteiger partial charge in [-0.3, -0.25) is 10.1 Å². The summed E-state index contributed by atoms with van der Waals surface area (Å²) in [6.07, 6.45) is 1.92. The van der Waals surface area contributed by atoms with Crippen LogP contribution in [0.15, 0.2) is 24.3 Å². The Morgan fingerprint density at radius 2 is 1.92 bits per heavy atom. The number of anilines is 1. The minimum Gasteiger partial charge on any atom is -0.492 e. The number of imide groups is 1. The molecule has 0 aliphatic carbocycles. The third-order valence-corrected chi connectivity index (χ3v) is 4.46. The van der Waals surface area contributed by atoms with E-state index < -0.39 is 6.03 Å². The lowest BCUT2D eigenvalue weighted by Gasteiger charge is -2.34. The van der Waals surface area contributed by atoms with Gasteiger partial charge in [0.2, 0.25) is 0 Å². The SMILES string of the molecule is CCCCNC(=O)NC(=O)C[NH+]1CCN(c2ccccc2OCC)CC1. The van der Waals surface area contributed by atoms with Crippen molar-refractivity contribution in [3.63, 3.8) is 0 Å². The van der Waals surface area contributed by atoms with Gasteiger partial charge in [-0.05, 0) is 25.5 Å². The van der Waals surface area contributed by atoms with E-state index in [4.69, 9.17) is 4.74 Å². The Kier molecular flexibility index (Phi) is 8.21. The van der Waals surface area contributed by atoms with Crippen molar-refractivity contribution < 1.29 is 19.2 Å². The summed E-state index contributed by atoms with van der Waals surface area (Å²) in [5.41, 5.74) is 1.10. The van der Waals surface area contributed by atoms with Crippen molar-refractivity contribution in [2.45, 2.75) is 26.7 Å². The first kappa shape index (κ1) is 20.0. The van der Waals surface area contributed by atoms with Crippen molar-refractivity contribution in [2.24, 2.45) is 0 Å². The molecule has 3 N–H and O–H groups in total. The second-order valence-corrected chi connectivity index (χ2v) is 6.47. The van der Waals surface area contributed by atoms with E-state index in [1.54, 1.807) is 0 Å². The summed E-state index contributed by atoms with van der Waals surface area (Å²) in [6, 6.07) is 7.66. The van der Waals surface area contributed by atoms with Gasteiger partial charge in [0.05, 0.1) is 38.5 Å². The van der Waals surface area contributed by atoms with E-state index in [2.05, 4.69) is 28.5 Å². The number of ether oxygens (including phenoxy) is 1. The van der Waals surface area contributed by atoms with Crippen LogP contribution in [0.1, 0.15) is 26.7 Å². The normalized spacial score (nSPS) is 14.8. The summed E-state index contributed by atoms with van der Waals surface area (Å²) in [4.78, 5) is 27.1. The van der Waals surface area contributed by atoms with Gasteiger partial charge in [0.15, 0.2) is 6.54 Å². The molecule has 7 nitrogen and oxygen atoms in total. The van der Waals surface area contributed by atoms with Crippen molar-refractivity contribution in [3.8, 4) is 5.75 Å². The molecule has 1 aliphatic rings. The smallest absolute Gasteiger partial charge is 0.321 e. The molecule has 0 saturated carbocycles. The van der Waals surface area contributed by atoms with Crippen molar-refractivity contribution in [1.29, 1.82) is 0 Å². The minimum atomic E-state index is -0.396. The zero-order valence-corrected chi connectivity index (χ0v) is 15.8. The lowest BCUT2D eigenvalue weighted by atomic mass is 10.2. The average molecular weight is 363 g/mol. The Morgan fingerprint density at radius 1 is 1.19 bits per heavy atom. The molecule has 144 valence electrons. The predicted octanol–water partition coefficient (Wildman–Crippen LogP) is 0.416. The Hall–Kier alpha value is -2.28. The maximum absolute atomic E-state index is 12.0. The molecule has 1 fully saturated rings. The first-order valence-corrected chi connectivity index (χ1v) is 9.52. The van der Waals surface area contributed by atoms with Gasteiger partial charge in [-0.15, -0.1) is 0 Å². The number of nitrogens with one attached hydrogen (secondary N) is 3. The van der Waals surface area contributed by atoms with Crippen LogP contribution in [0.25, 0.3) is 0 Å². The first-order chi connectivity index (χ1) is 12.6. The van der Waals surface area contributed by atoms with E-state index in [1.165, 1.54) is 4.90 Å². The molecule has 7 heteroatoms. The summed E-state index contributed by atoms with van der Waals surface area (Å²) in [7, 11) is 0. The lowest BCUT2D eigenvalue weighted by Crippen LogP contribution is -3.16. The van der Waals surface area contributed by atoms with Gasteiger partial charge in [-0.1, -0.05) is 25.5 Å². The molecule has 1 saturated heterocycles. The van der Waals surface area contributed by atoms with Gasteiger partial charge in [0.25, 0.3) is 5.91 Å². The van der Waals surface area contributed by atoms with Crippen LogP contribution in [-0.2, 0) is 4.79 Å². The van der Waals surface area contributed by atoms with Gasteiger partial charge >= 0.3 is 6.03 Å². The van der Waals surface area contributed by atoms with Crippen molar-refractivity contribution in [2.75, 3.05) is 50.8 Å². The van der Waals surface area contributed by atoms with Crippen LogP contribution in [0.2, 0.25) is 0 Å². The molecule has 0 radical (unpaired) electrons. The second-order valence-electron chi connectivity index (χ2n) is 6.47. The highest BCUT2D eigenvalue weighted by atomic mass is 16.5. The number of unbranched alkanes of at least 4 members (excludes halogenated alkanes) is 1. The third kappa shape index (κ3) is 6.22. The third-order valence-electron chi connectivity index (χ3n) is 4.46. The Bertz CT molecular complexity index is 586. The van der Waals surface area contributed by atoms with Crippen LogP contribution in [0, 0.1) is 0 Å². The molecule has 0 atom stereocenters. The van der Waals surface area contributed by atoms with Crippen LogP contribution in [0.3, 0.4) is 0 Å². The van der Waals surface area contributed by atoms with Crippen LogP contribution >= 0.6 is 0 Å². The number of carbonyl (C=O) groups excluding carboxylic acids is 2. The number of nitrogens with zero attached hydrogens (tertiary/aromatic N) is 1. The summed E-state index contributed by atoms with van der Waals surface area (Å²) in [6.45, 7) is 9.02. The van der Waals surface area contributed by atoms with Crippen molar-refractivity contribution >= 4 is 17.6 Å². The summed E-state index contributed by atoms with van der Waals surface area (Å²) in [5, 5.41) is 5.11. The quantitative estimate of drug-likeness (QED) is 0.585. The zero-order valence-electron chi connectivity index (χ0n) is 15.8. The van der Waals surface area contributed by atoms with Gasteiger partial charge in [-0.25, -0.2) is 4.79 Å². The first-order valence-electron chi connectivity index (χ1n) is 9.52. The summed E-state index contributed by atoms with van der Waals surface area (Å²) >= 11 is 0. The molecule has 1 aromatic carbocycles. The molecule has 2 rings (SSSR count). The fraction of sp³-hybridized carbons (Fsp3) is 0.579. The number of amides is 3. The number of hydrogen-bond donors (Lipinski definition) is 3. The zero-order chi connectivity index (χ0) is 18.8. The number of piperazine rings is 1. The largest absolute Gasteiger partial charge is 0.492 e. The fourth-order valence-corrected chi connectivity index (χ4v) is 3.06. The fourth-order valence-electron chi connectivity index (χ4n) is 3.06. The molecule has 0 bridgehead atoms. The van der Waals surface area contributed by atoms with E-state index in [9.17, 15) is 9.59 Å². The molecular formula is C19H31N4O3+. The molecule has 1 heterocycles. The number of quaternary nitrogens is 1. The van der Waals surface area contributed by atoms with Gasteiger partial charge in [-0.2, -0.15) is 0 Å². The van der Waals surface area contributed by atoms with E-state index >= 15 is 0 Å². The molecule has 1 aromatic rings. The molecule has 3 amide bonds. The second kappa shape index (κ2) is 10.7. The Labute approximate surface area is 155 Å². The summed E-state index contributed by atoms with van der Waals surface area (Å²) < 4.78 is 5.71. The maximum atomic E-state index is 12.0. The molecule has 0 unspecified atom stereocenters. The number of hydrogen-bond acceptors (Lipinski definition) is 4. The number of rotatable bonds is 8. The lowest BCUT2D eigenvalue weighted by molar-refractivity contribution is -0.892. The van der Waals surface area contributed by atoms with E-state index in [1.807, 2.05) is 25.1 Å². The highest BCUT2D eigenvalue weighted by molar-refractivity contribution is 5.94. The number of urea groups is 1. The highest BCUT2D eigenvalue weighted by Gasteiger charge is 2.24. The number of benzene rings is 1. The average Bonchev–Trinajstić information content (AvgIpc) is 2.63. The molecule has 0 spiro atoms. The predicted molar refractivity (Wildman–Crippen MR) is 102 cm³/mol. The van der Waals surface area contributed by atoms with Crippen molar-refractivity contribution in [3.05, 3.63) is 24.3 Å². The van der Waals surface area contributed by atoms with Crippen molar-refractivity contribution in [1.82, 2.24) is 10.6 Å². The van der Waals surface area contributed by atoms with E-state index in [-0.39, 0.29) is 5.91 Å². The van der Waals surface area contributed by atoms with Gasteiger partial charge < -0.3 is 19.9 Å². The minimum absolute atomic E-state index is 0.225. The number of carbonyl (C=O) groups is 2. The Morgan fingerprint density at radius 3 is 2.62 bits per heavy atom. The number of para-hydroxylation sites is 2. The molecular weight excluding hydrogens is 332 g/mol. The highest BCUT2D eigenvalue weighted by Crippen LogP contribution is 2.27. The summed E-state index contributed by atoms with van der Waals surface area (Å²) in [5.74, 6) is 0.678. The maximum Gasteiger partial charge on any atom is 0.321 e. The van der Waals surface area contributed by atoms with E-state index in [0.717, 1.165) is 50.5 Å². The monoisotopic (exact) mass is 363 g/mol. The topological polar surface area (TPSA) is 75.1 Å². The van der Waals surface area contributed by atoms with Crippen LogP contribution < -0.4 is 25.2 Å². The molecule has 0 aromatic heterocycles. The molecule has 1 aliphatic heterocycles. The Balaban J connectivity index is 1.76. The van der Waals surface area contributed by atoms with Crippen LogP contribution in [-0.4, -0.2) is 57.8 Å². The van der Waals surface area contributed by atoms with Crippen LogP contribution in [0.4, 0.5) is 10.5 Å². The standard InChI is InChI=1S/C19H30N4O3/c1-3-5-10-20-19(25)21-18(24)15-22-11-13-23(14-12-22)16-8-6-7-9-17(16)26-4-2/h6-9H,3-5,10-15H2,1-2H3,(H2,20,21,24,25)/p+1. The van der Waals surface area contributed by atoms with Gasteiger partial charge in [0.1, 0.15) is 5.75 Å².